The number of amidine groups is 1. The zero-order chi connectivity index (χ0) is 26.6. The molecule has 3 aromatic rings. The number of nitrogens with one attached hydrogen (secondary N) is 3. The lowest BCUT2D eigenvalue weighted by atomic mass is 9.84. The van der Waals surface area contributed by atoms with Crippen molar-refractivity contribution in [2.75, 3.05) is 12.8 Å². The molecule has 0 spiro atoms. The molecule has 5 N–H and O–H groups in total. The molecule has 2 amide bonds. The number of thiophene rings is 1. The number of hydrogen-bond acceptors (Lipinski definition) is 6. The summed E-state index contributed by atoms with van der Waals surface area (Å²) in [6.45, 7) is 0.597. The average Bonchev–Trinajstić information content (AvgIpc) is 3.32. The molecule has 37 heavy (non-hydrogen) atoms. The van der Waals surface area contributed by atoms with Crippen molar-refractivity contribution in [1.82, 2.24) is 14.9 Å². The van der Waals surface area contributed by atoms with Gasteiger partial charge in [0.05, 0.1) is 17.7 Å². The quantitative estimate of drug-likeness (QED) is 0.230. The zero-order valence-electron chi connectivity index (χ0n) is 20.3. The van der Waals surface area contributed by atoms with Gasteiger partial charge < -0.3 is 16.0 Å². The Morgan fingerprint density at radius 2 is 1.65 bits per heavy atom. The molecule has 2 aromatic carbocycles. The third kappa shape index (κ3) is 6.43. The second-order valence-corrected chi connectivity index (χ2v) is 11.8. The molecule has 1 fully saturated rings. The minimum absolute atomic E-state index is 0.0332. The highest BCUT2D eigenvalue weighted by atomic mass is 32.2. The van der Waals surface area contributed by atoms with E-state index in [0.717, 1.165) is 22.3 Å². The smallest absolute Gasteiger partial charge is 0.243 e. The largest absolute Gasteiger partial charge is 0.383 e. The number of nitrogens with zero attached hydrogens (tertiary/aromatic N) is 1. The van der Waals surface area contributed by atoms with Crippen LogP contribution in [0.5, 0.6) is 0 Å². The molecular formula is C26H29N5O4S2. The Kier molecular flexibility index (Phi) is 8.06. The summed E-state index contributed by atoms with van der Waals surface area (Å²) in [7, 11) is -3.76. The van der Waals surface area contributed by atoms with Crippen LogP contribution in [-0.4, -0.2) is 55.9 Å². The molecule has 0 unspecified atom stereocenters. The van der Waals surface area contributed by atoms with Gasteiger partial charge in [-0.1, -0.05) is 60.7 Å². The van der Waals surface area contributed by atoms with E-state index >= 15 is 0 Å². The fourth-order valence-corrected chi connectivity index (χ4v) is 5.91. The van der Waals surface area contributed by atoms with Gasteiger partial charge in [0.25, 0.3) is 0 Å². The highest BCUT2D eigenvalue weighted by Crippen LogP contribution is 2.31. The molecule has 0 saturated carbocycles. The molecule has 2 atom stereocenters. The molecule has 1 aliphatic heterocycles. The Balaban J connectivity index is 1.57. The standard InChI is InChI=1S/C26H29N5O4S2/c1-37(34,35)30-23(22(17-8-4-2-5-9-17)18-10-6-3-7-11-18)26(33)31-15-14-20(31)25(32)29-16-19-12-13-21(36-19)24(27)28/h2-13,20,22-23,30H,14-16H2,1H3,(H3,27,28)(H,29,32)/t20-,23+/m0/s1. The first-order valence-corrected chi connectivity index (χ1v) is 14.4. The summed E-state index contributed by atoms with van der Waals surface area (Å²) in [6.07, 6.45) is 1.50. The molecule has 194 valence electrons. The van der Waals surface area contributed by atoms with E-state index in [9.17, 15) is 18.0 Å². The summed E-state index contributed by atoms with van der Waals surface area (Å²) in [5.41, 5.74) is 7.07. The summed E-state index contributed by atoms with van der Waals surface area (Å²) in [5, 5.41) is 10.4. The summed E-state index contributed by atoms with van der Waals surface area (Å²) in [5.74, 6) is -1.39. The van der Waals surface area contributed by atoms with Crippen molar-refractivity contribution in [3.05, 3.63) is 93.7 Å². The van der Waals surface area contributed by atoms with E-state index in [2.05, 4.69) is 10.0 Å². The molecule has 4 rings (SSSR count). The molecule has 2 heterocycles. The van der Waals surface area contributed by atoms with Crippen LogP contribution in [0.25, 0.3) is 0 Å². The number of hydrogen-bond donors (Lipinski definition) is 4. The lowest BCUT2D eigenvalue weighted by Gasteiger charge is -2.43. The van der Waals surface area contributed by atoms with Crippen LogP contribution in [0.15, 0.2) is 72.8 Å². The first-order valence-electron chi connectivity index (χ1n) is 11.7. The Morgan fingerprint density at radius 1 is 1.05 bits per heavy atom. The minimum Gasteiger partial charge on any atom is -0.383 e. The van der Waals surface area contributed by atoms with Crippen LogP contribution < -0.4 is 15.8 Å². The van der Waals surface area contributed by atoms with Crippen LogP contribution in [0.1, 0.15) is 33.2 Å². The Hall–Kier alpha value is -3.54. The predicted octanol–water partition coefficient (Wildman–Crippen LogP) is 2.00. The molecule has 9 nitrogen and oxygen atoms in total. The maximum absolute atomic E-state index is 13.8. The van der Waals surface area contributed by atoms with Gasteiger partial charge in [0.15, 0.2) is 0 Å². The number of rotatable bonds is 10. The molecule has 11 heteroatoms. The van der Waals surface area contributed by atoms with Gasteiger partial charge in [-0.3, -0.25) is 15.0 Å². The summed E-state index contributed by atoms with van der Waals surface area (Å²) < 4.78 is 27.3. The van der Waals surface area contributed by atoms with Crippen LogP contribution >= 0.6 is 11.3 Å². The maximum Gasteiger partial charge on any atom is 0.243 e. The molecular weight excluding hydrogens is 510 g/mol. The summed E-state index contributed by atoms with van der Waals surface area (Å²) in [6, 6.07) is 20.2. The Morgan fingerprint density at radius 3 is 2.11 bits per heavy atom. The van der Waals surface area contributed by atoms with E-state index in [0.29, 0.717) is 17.8 Å². The van der Waals surface area contributed by atoms with Crippen LogP contribution in [0, 0.1) is 5.41 Å². The topological polar surface area (TPSA) is 145 Å². The number of sulfonamides is 1. The highest BCUT2D eigenvalue weighted by Gasteiger charge is 2.44. The first-order chi connectivity index (χ1) is 17.6. The third-order valence-electron chi connectivity index (χ3n) is 6.23. The van der Waals surface area contributed by atoms with Crippen LogP contribution in [0.3, 0.4) is 0 Å². The van der Waals surface area contributed by atoms with Gasteiger partial charge in [0.1, 0.15) is 17.9 Å². The van der Waals surface area contributed by atoms with Crippen molar-refractivity contribution >= 4 is 39.0 Å². The highest BCUT2D eigenvalue weighted by molar-refractivity contribution is 7.88. The number of benzene rings is 2. The van der Waals surface area contributed by atoms with E-state index in [1.807, 2.05) is 60.7 Å². The molecule has 1 aliphatic rings. The van der Waals surface area contributed by atoms with Crippen molar-refractivity contribution in [3.63, 3.8) is 0 Å². The van der Waals surface area contributed by atoms with Crippen molar-refractivity contribution in [2.45, 2.75) is 31.0 Å². The van der Waals surface area contributed by atoms with Crippen molar-refractivity contribution in [3.8, 4) is 0 Å². The van der Waals surface area contributed by atoms with Gasteiger partial charge in [-0.2, -0.15) is 0 Å². The second kappa shape index (κ2) is 11.2. The third-order valence-corrected chi connectivity index (χ3v) is 8.03. The van der Waals surface area contributed by atoms with Crippen LogP contribution in [-0.2, 0) is 26.2 Å². The maximum atomic E-state index is 13.8. The summed E-state index contributed by atoms with van der Waals surface area (Å²) >= 11 is 1.32. The number of nitrogen functional groups attached to an aromatic ring is 1. The zero-order valence-corrected chi connectivity index (χ0v) is 21.9. The fraction of sp³-hybridized carbons (Fsp3) is 0.269. The van der Waals surface area contributed by atoms with Crippen molar-refractivity contribution in [2.24, 2.45) is 5.73 Å². The van der Waals surface area contributed by atoms with Gasteiger partial charge in [-0.25, -0.2) is 13.1 Å². The summed E-state index contributed by atoms with van der Waals surface area (Å²) in [4.78, 5) is 29.7. The predicted molar refractivity (Wildman–Crippen MR) is 144 cm³/mol. The van der Waals surface area contributed by atoms with Crippen LogP contribution in [0.2, 0.25) is 0 Å². The van der Waals surface area contributed by atoms with Gasteiger partial charge in [0.2, 0.25) is 21.8 Å². The Bertz CT molecular complexity index is 1340. The molecule has 0 bridgehead atoms. The second-order valence-electron chi connectivity index (χ2n) is 8.90. The SMILES string of the molecule is CS(=O)(=O)N[C@@H](C(=O)N1CC[C@H]1C(=O)NCc1ccc(C(=N)N)s1)C(c1ccccc1)c1ccccc1. The monoisotopic (exact) mass is 539 g/mol. The Labute approximate surface area is 220 Å². The van der Waals surface area contributed by atoms with E-state index in [-0.39, 0.29) is 18.3 Å². The number of nitrogens with two attached hydrogens (primary N) is 1. The van der Waals surface area contributed by atoms with Gasteiger partial charge in [-0.05, 0) is 29.7 Å². The molecule has 0 radical (unpaired) electrons. The normalized spacial score (nSPS) is 16.2. The van der Waals surface area contributed by atoms with Gasteiger partial charge in [0, 0.05) is 17.3 Å². The first kappa shape index (κ1) is 26.5. The fourth-order valence-electron chi connectivity index (χ4n) is 4.40. The average molecular weight is 540 g/mol. The minimum atomic E-state index is -3.76. The van der Waals surface area contributed by atoms with Gasteiger partial charge in [-0.15, -0.1) is 11.3 Å². The number of carbonyl (C=O) groups excluding carboxylic acids is 2. The lowest BCUT2D eigenvalue weighted by molar-refractivity contribution is -0.149. The van der Waals surface area contributed by atoms with Crippen molar-refractivity contribution < 1.29 is 18.0 Å². The molecule has 1 saturated heterocycles. The van der Waals surface area contributed by atoms with E-state index in [4.69, 9.17) is 11.1 Å². The van der Waals surface area contributed by atoms with Crippen molar-refractivity contribution in [1.29, 1.82) is 5.41 Å². The molecule has 1 aromatic heterocycles. The van der Waals surface area contributed by atoms with E-state index in [1.54, 1.807) is 12.1 Å². The number of likely N-dealkylation sites (tertiary alicyclic amines) is 1. The lowest BCUT2D eigenvalue weighted by Crippen LogP contribution is -2.63. The number of carbonyl (C=O) groups is 2. The van der Waals surface area contributed by atoms with Crippen LogP contribution in [0.4, 0.5) is 0 Å². The molecule has 0 aliphatic carbocycles. The van der Waals surface area contributed by atoms with Gasteiger partial charge >= 0.3 is 0 Å². The number of amides is 2. The van der Waals surface area contributed by atoms with E-state index < -0.39 is 33.9 Å². The van der Waals surface area contributed by atoms with E-state index in [1.165, 1.54) is 16.2 Å².